The van der Waals surface area contributed by atoms with Crippen LogP contribution in [-0.2, 0) is 10.3 Å². The number of fused-ring (bicyclic) bond motifs is 3. The second-order valence-electron chi connectivity index (χ2n) is 9.02. The first-order valence-electron chi connectivity index (χ1n) is 11.2. The highest BCUT2D eigenvalue weighted by Crippen LogP contribution is 2.56. The summed E-state index contributed by atoms with van der Waals surface area (Å²) >= 11 is 0. The molecule has 0 saturated carbocycles. The Kier molecular flexibility index (Phi) is 4.65. The number of Topliss-reactive ketones (excluding diaryl/α,β-unsaturated/α-hetero) is 1. The largest absolute Gasteiger partial charge is 0.454 e. The molecule has 1 N–H and O–H groups in total. The molecule has 3 heterocycles. The van der Waals surface area contributed by atoms with Crippen LogP contribution in [-0.4, -0.2) is 41.9 Å². The Hall–Kier alpha value is -4.24. The van der Waals surface area contributed by atoms with Crippen molar-refractivity contribution in [1.82, 2.24) is 4.90 Å². The average Bonchev–Trinajstić information content (AvgIpc) is 3.54. The third kappa shape index (κ3) is 2.98. The van der Waals surface area contributed by atoms with Gasteiger partial charge < -0.3 is 14.8 Å². The number of nitrogens with zero attached hydrogens (tertiary/aromatic N) is 2. The molecule has 3 atom stereocenters. The van der Waals surface area contributed by atoms with Gasteiger partial charge in [-0.2, -0.15) is 0 Å². The first-order valence-corrected chi connectivity index (χ1v) is 11.2. The van der Waals surface area contributed by atoms with Crippen LogP contribution in [0.2, 0.25) is 0 Å². The number of rotatable bonds is 4. The summed E-state index contributed by atoms with van der Waals surface area (Å²) in [7, 11) is 1.82. The van der Waals surface area contributed by atoms with Crippen LogP contribution in [0.3, 0.4) is 0 Å². The molecule has 176 valence electrons. The zero-order valence-electron chi connectivity index (χ0n) is 18.8. The van der Waals surface area contributed by atoms with E-state index in [0.717, 1.165) is 5.56 Å². The van der Waals surface area contributed by atoms with E-state index < -0.39 is 22.3 Å². The number of para-hydroxylation sites is 1. The quantitative estimate of drug-likeness (QED) is 0.351. The van der Waals surface area contributed by atoms with Gasteiger partial charge in [0.05, 0.1) is 10.8 Å². The molecule has 0 aliphatic carbocycles. The minimum absolute atomic E-state index is 0.0587. The Morgan fingerprint density at radius 2 is 1.89 bits per heavy atom. The molecule has 1 amide bonds. The van der Waals surface area contributed by atoms with Gasteiger partial charge in [0.2, 0.25) is 12.7 Å². The van der Waals surface area contributed by atoms with Crippen molar-refractivity contribution in [2.75, 3.05) is 25.7 Å². The number of amides is 1. The van der Waals surface area contributed by atoms with Gasteiger partial charge in [-0.05, 0) is 36.9 Å². The molecule has 0 unspecified atom stereocenters. The second kappa shape index (κ2) is 7.64. The highest BCUT2D eigenvalue weighted by molar-refractivity contribution is 6.12. The number of ether oxygens (including phenoxy) is 2. The molecule has 6 rings (SSSR count). The van der Waals surface area contributed by atoms with Gasteiger partial charge in [0, 0.05) is 41.4 Å². The number of carbonyl (C=O) groups is 2. The zero-order valence-corrected chi connectivity index (χ0v) is 18.8. The number of anilines is 1. The van der Waals surface area contributed by atoms with Crippen molar-refractivity contribution in [2.24, 2.45) is 5.92 Å². The highest BCUT2D eigenvalue weighted by atomic mass is 16.7. The standard InChI is InChI=1S/C26H21N3O6/c1-28-13-18(15-5-4-6-17(11-15)29(32)33)23(24(30)16-9-10-21-22(12-16)35-14-34-21)26(28)19-7-2-3-8-20(19)27-25(26)31/h2-12,18,23H,13-14H2,1H3,(H,27,31)/t18-,23-,26+/m1/s1. The number of hydrogen-bond acceptors (Lipinski definition) is 7. The van der Waals surface area contributed by atoms with E-state index >= 15 is 0 Å². The fraction of sp³-hybridized carbons (Fsp3) is 0.231. The lowest BCUT2D eigenvalue weighted by Crippen LogP contribution is -2.51. The van der Waals surface area contributed by atoms with Crippen LogP contribution in [0.1, 0.15) is 27.4 Å². The van der Waals surface area contributed by atoms with Gasteiger partial charge in [-0.1, -0.05) is 30.3 Å². The molecule has 3 aliphatic heterocycles. The molecule has 0 aromatic heterocycles. The van der Waals surface area contributed by atoms with E-state index in [1.807, 2.05) is 36.2 Å². The molecule has 3 aliphatic rings. The van der Waals surface area contributed by atoms with E-state index in [0.29, 0.717) is 34.9 Å². The average molecular weight is 471 g/mol. The number of nitro groups is 1. The van der Waals surface area contributed by atoms with Crippen LogP contribution in [0.5, 0.6) is 11.5 Å². The molecule has 35 heavy (non-hydrogen) atoms. The summed E-state index contributed by atoms with van der Waals surface area (Å²) in [6, 6.07) is 18.7. The van der Waals surface area contributed by atoms with Crippen molar-refractivity contribution in [1.29, 1.82) is 0 Å². The van der Waals surface area contributed by atoms with Crippen LogP contribution in [0, 0.1) is 16.0 Å². The molecule has 9 heteroatoms. The summed E-state index contributed by atoms with van der Waals surface area (Å²) in [4.78, 5) is 40.9. The van der Waals surface area contributed by atoms with Crippen LogP contribution < -0.4 is 14.8 Å². The van der Waals surface area contributed by atoms with Crippen molar-refractivity contribution in [3.05, 3.63) is 93.5 Å². The lowest BCUT2D eigenvalue weighted by atomic mass is 9.70. The van der Waals surface area contributed by atoms with Gasteiger partial charge in [-0.25, -0.2) is 0 Å². The van der Waals surface area contributed by atoms with Gasteiger partial charge in [-0.15, -0.1) is 0 Å². The summed E-state index contributed by atoms with van der Waals surface area (Å²) in [6.07, 6.45) is 0. The molecule has 3 aromatic rings. The Morgan fingerprint density at radius 1 is 1.09 bits per heavy atom. The Morgan fingerprint density at radius 3 is 2.71 bits per heavy atom. The fourth-order valence-corrected chi connectivity index (χ4v) is 5.79. The summed E-state index contributed by atoms with van der Waals surface area (Å²) in [5.74, 6) is -0.795. The Bertz CT molecular complexity index is 1410. The maximum Gasteiger partial charge on any atom is 0.269 e. The summed E-state index contributed by atoms with van der Waals surface area (Å²) in [5, 5.41) is 14.4. The molecule has 9 nitrogen and oxygen atoms in total. The number of hydrogen-bond donors (Lipinski definition) is 1. The van der Waals surface area contributed by atoms with Crippen LogP contribution in [0.15, 0.2) is 66.7 Å². The lowest BCUT2D eigenvalue weighted by molar-refractivity contribution is -0.384. The van der Waals surface area contributed by atoms with Gasteiger partial charge >= 0.3 is 0 Å². The Labute approximate surface area is 200 Å². The topological polar surface area (TPSA) is 111 Å². The zero-order chi connectivity index (χ0) is 24.3. The third-order valence-electron chi connectivity index (χ3n) is 7.31. The van der Waals surface area contributed by atoms with Crippen molar-refractivity contribution < 1.29 is 24.0 Å². The van der Waals surface area contributed by atoms with Crippen molar-refractivity contribution in [3.63, 3.8) is 0 Å². The van der Waals surface area contributed by atoms with Gasteiger partial charge in [0.25, 0.3) is 5.69 Å². The Balaban J connectivity index is 1.54. The van der Waals surface area contributed by atoms with E-state index in [1.54, 1.807) is 30.3 Å². The van der Waals surface area contributed by atoms with Crippen LogP contribution in [0.4, 0.5) is 11.4 Å². The predicted molar refractivity (Wildman–Crippen MR) is 126 cm³/mol. The summed E-state index contributed by atoms with van der Waals surface area (Å²) in [6.45, 7) is 0.444. The normalized spacial score (nSPS) is 24.4. The first kappa shape index (κ1) is 21.3. The molecule has 0 radical (unpaired) electrons. The second-order valence-corrected chi connectivity index (χ2v) is 9.02. The molecular weight excluding hydrogens is 450 g/mol. The van der Waals surface area contributed by atoms with Crippen molar-refractivity contribution >= 4 is 23.1 Å². The number of ketones is 1. The number of benzene rings is 3. The number of nitrogens with one attached hydrogen (secondary N) is 1. The molecule has 1 spiro atoms. The smallest absolute Gasteiger partial charge is 0.269 e. The van der Waals surface area contributed by atoms with Crippen LogP contribution >= 0.6 is 0 Å². The fourth-order valence-electron chi connectivity index (χ4n) is 5.79. The first-order chi connectivity index (χ1) is 16.9. The van der Waals surface area contributed by atoms with E-state index in [4.69, 9.17) is 9.47 Å². The number of non-ortho nitro benzene ring substituents is 1. The molecule has 0 bridgehead atoms. The SMILES string of the molecule is CN1C[C@H](c2cccc([N+](=O)[O-])c2)[C@H](C(=O)c2ccc3c(c2)OCO3)[C@@]12C(=O)Nc1ccccc12. The van der Waals surface area contributed by atoms with E-state index in [2.05, 4.69) is 5.32 Å². The molecule has 1 saturated heterocycles. The van der Waals surface area contributed by atoms with Crippen molar-refractivity contribution in [2.45, 2.75) is 11.5 Å². The number of likely N-dealkylation sites (tertiary alicyclic amines) is 1. The molecular formula is C26H21N3O6. The third-order valence-corrected chi connectivity index (χ3v) is 7.31. The van der Waals surface area contributed by atoms with E-state index in [9.17, 15) is 19.7 Å². The maximum atomic E-state index is 14.3. The predicted octanol–water partition coefficient (Wildman–Crippen LogP) is 3.70. The van der Waals surface area contributed by atoms with E-state index in [-0.39, 0.29) is 24.2 Å². The molecule has 1 fully saturated rings. The minimum Gasteiger partial charge on any atom is -0.454 e. The van der Waals surface area contributed by atoms with E-state index in [1.165, 1.54) is 12.1 Å². The molecule has 3 aromatic carbocycles. The number of likely N-dealkylation sites (N-methyl/N-ethyl adjacent to an activating group) is 1. The van der Waals surface area contributed by atoms with Gasteiger partial charge in [0.1, 0.15) is 5.54 Å². The maximum absolute atomic E-state index is 14.3. The van der Waals surface area contributed by atoms with Crippen molar-refractivity contribution in [3.8, 4) is 11.5 Å². The van der Waals surface area contributed by atoms with Gasteiger partial charge in [0.15, 0.2) is 17.3 Å². The summed E-state index contributed by atoms with van der Waals surface area (Å²) < 4.78 is 10.9. The number of carbonyl (C=O) groups excluding carboxylic acids is 2. The number of nitro benzene ring substituents is 1. The minimum atomic E-state index is -1.26. The monoisotopic (exact) mass is 471 g/mol. The lowest BCUT2D eigenvalue weighted by Gasteiger charge is -2.35. The highest BCUT2D eigenvalue weighted by Gasteiger charge is 2.64. The van der Waals surface area contributed by atoms with Crippen LogP contribution in [0.25, 0.3) is 0 Å². The van der Waals surface area contributed by atoms with Gasteiger partial charge in [-0.3, -0.25) is 24.6 Å². The summed E-state index contributed by atoms with van der Waals surface area (Å²) in [5.41, 5.74) is 1.09.